The molecular formula is C19H17Cl2N3O2. The van der Waals surface area contributed by atoms with E-state index in [0.29, 0.717) is 21.4 Å². The number of hydrogen-bond acceptors (Lipinski definition) is 3. The average molecular weight is 390 g/mol. The summed E-state index contributed by atoms with van der Waals surface area (Å²) in [6.45, 7) is 0.0757. The lowest BCUT2D eigenvalue weighted by Gasteiger charge is -2.05. The van der Waals surface area contributed by atoms with E-state index in [1.807, 2.05) is 42.5 Å². The zero-order valence-corrected chi connectivity index (χ0v) is 15.3. The Labute approximate surface area is 161 Å². The molecule has 1 heterocycles. The molecular weight excluding hydrogens is 373 g/mol. The van der Waals surface area contributed by atoms with Crippen molar-refractivity contribution in [2.24, 2.45) is 0 Å². The first-order valence-electron chi connectivity index (χ1n) is 8.06. The van der Waals surface area contributed by atoms with Crippen molar-refractivity contribution < 1.29 is 9.90 Å². The second kappa shape index (κ2) is 8.36. The van der Waals surface area contributed by atoms with E-state index in [1.54, 1.807) is 16.8 Å². The van der Waals surface area contributed by atoms with Gasteiger partial charge in [-0.25, -0.2) is 4.68 Å². The lowest BCUT2D eigenvalue weighted by atomic mass is 10.1. The zero-order valence-electron chi connectivity index (χ0n) is 13.8. The van der Waals surface area contributed by atoms with Crippen LogP contribution in [0.5, 0.6) is 0 Å². The monoisotopic (exact) mass is 389 g/mol. The molecule has 0 saturated heterocycles. The summed E-state index contributed by atoms with van der Waals surface area (Å²) < 4.78 is 1.61. The summed E-state index contributed by atoms with van der Waals surface area (Å²) >= 11 is 12.5. The van der Waals surface area contributed by atoms with Crippen LogP contribution in [-0.4, -0.2) is 33.9 Å². The van der Waals surface area contributed by atoms with Crippen molar-refractivity contribution in [1.29, 1.82) is 0 Å². The van der Waals surface area contributed by atoms with E-state index in [1.165, 1.54) is 0 Å². The summed E-state index contributed by atoms with van der Waals surface area (Å²) in [7, 11) is 0. The van der Waals surface area contributed by atoms with Crippen LogP contribution in [0, 0.1) is 0 Å². The molecule has 0 fully saturated rings. The van der Waals surface area contributed by atoms with Crippen molar-refractivity contribution in [3.8, 4) is 16.9 Å². The van der Waals surface area contributed by atoms with Gasteiger partial charge >= 0.3 is 0 Å². The normalized spacial score (nSPS) is 10.7. The summed E-state index contributed by atoms with van der Waals surface area (Å²) in [4.78, 5) is 12.2. The molecule has 1 amide bonds. The Bertz CT molecular complexity index is 893. The number of nitrogens with zero attached hydrogens (tertiary/aromatic N) is 2. The highest BCUT2D eigenvalue weighted by Crippen LogP contribution is 2.31. The molecule has 0 bridgehead atoms. The van der Waals surface area contributed by atoms with Crippen molar-refractivity contribution in [2.75, 3.05) is 13.2 Å². The fraction of sp³-hybridized carbons (Fsp3) is 0.158. The molecule has 5 nitrogen and oxygen atoms in total. The van der Waals surface area contributed by atoms with Gasteiger partial charge in [0.2, 0.25) is 5.91 Å². The van der Waals surface area contributed by atoms with Crippen molar-refractivity contribution >= 4 is 29.1 Å². The molecule has 0 atom stereocenters. The summed E-state index contributed by atoms with van der Waals surface area (Å²) in [5.41, 5.74) is 2.86. The minimum atomic E-state index is -0.233. The Kier molecular flexibility index (Phi) is 5.93. The van der Waals surface area contributed by atoms with Gasteiger partial charge in [-0.3, -0.25) is 4.79 Å². The third-order valence-electron chi connectivity index (χ3n) is 3.81. The molecule has 0 aliphatic carbocycles. The first kappa shape index (κ1) is 18.5. The molecule has 1 aromatic heterocycles. The number of amides is 1. The van der Waals surface area contributed by atoms with Gasteiger partial charge in [-0.2, -0.15) is 5.10 Å². The van der Waals surface area contributed by atoms with Gasteiger partial charge in [0, 0.05) is 22.7 Å². The smallest absolute Gasteiger partial charge is 0.224 e. The Balaban J connectivity index is 2.05. The number of hydrogen-bond donors (Lipinski definition) is 2. The van der Waals surface area contributed by atoms with E-state index in [2.05, 4.69) is 10.4 Å². The van der Waals surface area contributed by atoms with Crippen molar-refractivity contribution in [2.45, 2.75) is 6.42 Å². The molecule has 134 valence electrons. The highest BCUT2D eigenvalue weighted by atomic mass is 35.5. The summed E-state index contributed by atoms with van der Waals surface area (Å²) in [5.74, 6) is -0.233. The third-order valence-corrected chi connectivity index (χ3v) is 4.45. The van der Waals surface area contributed by atoms with Crippen molar-refractivity contribution in [3.63, 3.8) is 0 Å². The second-order valence-electron chi connectivity index (χ2n) is 5.62. The molecule has 0 spiro atoms. The number of aliphatic hydroxyl groups is 1. The van der Waals surface area contributed by atoms with Gasteiger partial charge in [-0.15, -0.1) is 0 Å². The van der Waals surface area contributed by atoms with E-state index in [-0.39, 0.29) is 25.5 Å². The van der Waals surface area contributed by atoms with Crippen LogP contribution in [0.3, 0.4) is 0 Å². The molecule has 7 heteroatoms. The van der Waals surface area contributed by atoms with E-state index >= 15 is 0 Å². The minimum absolute atomic E-state index is 0.0592. The number of nitrogens with one attached hydrogen (secondary N) is 1. The van der Waals surface area contributed by atoms with Gasteiger partial charge in [-0.1, -0.05) is 53.5 Å². The maximum Gasteiger partial charge on any atom is 0.224 e. The van der Waals surface area contributed by atoms with Crippen LogP contribution in [0.4, 0.5) is 0 Å². The SMILES string of the molecule is O=C(Cc1c(-c2ccc(Cl)cc2)nn(-c2ccccc2)c1Cl)NCCO. The highest BCUT2D eigenvalue weighted by molar-refractivity contribution is 6.31. The number of benzene rings is 2. The highest BCUT2D eigenvalue weighted by Gasteiger charge is 2.21. The molecule has 2 aromatic carbocycles. The lowest BCUT2D eigenvalue weighted by Crippen LogP contribution is -2.28. The van der Waals surface area contributed by atoms with Gasteiger partial charge in [0.25, 0.3) is 0 Å². The van der Waals surface area contributed by atoms with Crippen LogP contribution in [-0.2, 0) is 11.2 Å². The zero-order chi connectivity index (χ0) is 18.5. The predicted octanol–water partition coefficient (Wildman–Crippen LogP) is 3.50. The van der Waals surface area contributed by atoms with Crippen LogP contribution in [0.25, 0.3) is 16.9 Å². The molecule has 2 N–H and O–H groups in total. The number of rotatable bonds is 6. The fourth-order valence-corrected chi connectivity index (χ4v) is 3.00. The van der Waals surface area contributed by atoms with Crippen molar-refractivity contribution in [1.82, 2.24) is 15.1 Å². The summed E-state index contributed by atoms with van der Waals surface area (Å²) in [6.07, 6.45) is 0.0592. The number of para-hydroxylation sites is 1. The van der Waals surface area contributed by atoms with Crippen LogP contribution < -0.4 is 5.32 Å². The van der Waals surface area contributed by atoms with Gasteiger partial charge in [0.05, 0.1) is 24.4 Å². The molecule has 26 heavy (non-hydrogen) atoms. The molecule has 3 rings (SSSR count). The Morgan fingerprint density at radius 1 is 1.08 bits per heavy atom. The number of carbonyl (C=O) groups is 1. The first-order valence-corrected chi connectivity index (χ1v) is 8.82. The van der Waals surface area contributed by atoms with Crippen LogP contribution in [0.15, 0.2) is 54.6 Å². The molecule has 3 aromatic rings. The maximum atomic E-state index is 12.2. The number of aromatic nitrogens is 2. The fourth-order valence-electron chi connectivity index (χ4n) is 2.58. The number of aliphatic hydroxyl groups excluding tert-OH is 1. The lowest BCUT2D eigenvalue weighted by molar-refractivity contribution is -0.120. The van der Waals surface area contributed by atoms with E-state index in [9.17, 15) is 4.79 Å². The molecule has 0 aliphatic heterocycles. The van der Waals surface area contributed by atoms with Crippen LogP contribution in [0.1, 0.15) is 5.56 Å². The Hall–Kier alpha value is -2.34. The summed E-state index contributed by atoms with van der Waals surface area (Å²) in [5, 5.41) is 17.1. The molecule has 0 radical (unpaired) electrons. The van der Waals surface area contributed by atoms with Gasteiger partial charge < -0.3 is 10.4 Å². The largest absolute Gasteiger partial charge is 0.395 e. The van der Waals surface area contributed by atoms with Crippen molar-refractivity contribution in [3.05, 3.63) is 70.3 Å². The molecule has 0 saturated carbocycles. The van der Waals surface area contributed by atoms with Gasteiger partial charge in [0.15, 0.2) is 0 Å². The Morgan fingerprint density at radius 2 is 1.77 bits per heavy atom. The van der Waals surface area contributed by atoms with Gasteiger partial charge in [-0.05, 0) is 24.3 Å². The maximum absolute atomic E-state index is 12.2. The molecule has 0 unspecified atom stereocenters. The van der Waals surface area contributed by atoms with E-state index < -0.39 is 0 Å². The standard InChI is InChI=1S/C19H17Cl2N3O2/c20-14-8-6-13(7-9-14)18-16(12-17(26)22-10-11-25)19(21)24(23-18)15-4-2-1-3-5-15/h1-9,25H,10-12H2,(H,22,26). The third kappa shape index (κ3) is 4.07. The number of carbonyl (C=O) groups excluding carboxylic acids is 1. The van der Waals surface area contributed by atoms with Crippen LogP contribution >= 0.6 is 23.2 Å². The number of halogens is 2. The van der Waals surface area contributed by atoms with Crippen LogP contribution in [0.2, 0.25) is 10.2 Å². The topological polar surface area (TPSA) is 67.2 Å². The summed E-state index contributed by atoms with van der Waals surface area (Å²) in [6, 6.07) is 16.7. The first-order chi connectivity index (χ1) is 12.6. The Morgan fingerprint density at radius 3 is 2.42 bits per heavy atom. The predicted molar refractivity (Wildman–Crippen MR) is 103 cm³/mol. The minimum Gasteiger partial charge on any atom is -0.395 e. The quantitative estimate of drug-likeness (QED) is 0.677. The second-order valence-corrected chi connectivity index (χ2v) is 6.42. The van der Waals surface area contributed by atoms with E-state index in [4.69, 9.17) is 28.3 Å². The molecule has 0 aliphatic rings. The average Bonchev–Trinajstić information content (AvgIpc) is 2.98. The van der Waals surface area contributed by atoms with E-state index in [0.717, 1.165) is 11.3 Å². The van der Waals surface area contributed by atoms with Gasteiger partial charge in [0.1, 0.15) is 5.15 Å².